The molecule has 0 heterocycles. The summed E-state index contributed by atoms with van der Waals surface area (Å²) in [6.07, 6.45) is 0. The molecule has 0 radical (unpaired) electrons. The van der Waals surface area contributed by atoms with Gasteiger partial charge in [0.15, 0.2) is 0 Å². The topological polar surface area (TPSA) is 84.5 Å². The average Bonchev–Trinajstić information content (AvgIpc) is 2.58. The lowest BCUT2D eigenvalue weighted by molar-refractivity contribution is -0.117. The van der Waals surface area contributed by atoms with Crippen LogP contribution in [-0.4, -0.2) is 27.5 Å². The van der Waals surface area contributed by atoms with Gasteiger partial charge in [0.2, 0.25) is 15.9 Å². The van der Waals surface area contributed by atoms with Crippen LogP contribution in [0.15, 0.2) is 41.3 Å². The number of carbonyl (C=O) groups excluding carboxylic acids is 1. The Hall–Kier alpha value is -2.45. The molecule has 0 aliphatic carbocycles. The zero-order valence-corrected chi connectivity index (χ0v) is 15.8. The van der Waals surface area contributed by atoms with Crippen LogP contribution in [0.1, 0.15) is 18.1 Å². The van der Waals surface area contributed by atoms with Crippen molar-refractivity contribution in [3.63, 3.8) is 0 Å². The molecule has 0 saturated heterocycles. The van der Waals surface area contributed by atoms with Crippen molar-refractivity contribution >= 4 is 21.6 Å². The molecule has 0 aliphatic heterocycles. The Balaban J connectivity index is 2.19. The van der Waals surface area contributed by atoms with E-state index >= 15 is 0 Å². The maximum Gasteiger partial charge on any atom is 0.242 e. The van der Waals surface area contributed by atoms with E-state index in [1.807, 2.05) is 0 Å². The Bertz CT molecular complexity index is 929. The van der Waals surface area contributed by atoms with Gasteiger partial charge < -0.3 is 10.1 Å². The number of benzene rings is 2. The second-order valence-electron chi connectivity index (χ2n) is 5.90. The zero-order chi connectivity index (χ0) is 19.5. The highest BCUT2D eigenvalue weighted by Crippen LogP contribution is 2.25. The van der Waals surface area contributed by atoms with Crippen molar-refractivity contribution < 1.29 is 22.3 Å². The van der Waals surface area contributed by atoms with Crippen LogP contribution in [0.25, 0.3) is 0 Å². The monoisotopic (exact) mass is 380 g/mol. The largest absolute Gasteiger partial charge is 0.496 e. The fourth-order valence-corrected chi connectivity index (χ4v) is 3.94. The molecule has 0 saturated carbocycles. The van der Waals surface area contributed by atoms with Crippen LogP contribution in [0, 0.1) is 19.7 Å². The van der Waals surface area contributed by atoms with E-state index in [-0.39, 0.29) is 10.6 Å². The van der Waals surface area contributed by atoms with E-state index in [9.17, 15) is 17.6 Å². The number of ether oxygens (including phenoxy) is 1. The number of anilines is 1. The second-order valence-corrected chi connectivity index (χ2v) is 7.58. The smallest absolute Gasteiger partial charge is 0.242 e. The van der Waals surface area contributed by atoms with Gasteiger partial charge >= 0.3 is 0 Å². The number of methoxy groups -OCH3 is 1. The summed E-state index contributed by atoms with van der Waals surface area (Å²) in [5, 5.41) is 2.37. The maximum atomic E-state index is 13.6. The molecule has 26 heavy (non-hydrogen) atoms. The normalized spacial score (nSPS) is 12.5. The quantitative estimate of drug-likeness (QED) is 0.807. The van der Waals surface area contributed by atoms with Gasteiger partial charge in [-0.25, -0.2) is 12.8 Å². The van der Waals surface area contributed by atoms with Gasteiger partial charge in [0.05, 0.1) is 23.7 Å². The first-order chi connectivity index (χ1) is 12.2. The molecule has 1 amide bonds. The molecular formula is C18H21FN2O4S. The van der Waals surface area contributed by atoms with Crippen LogP contribution >= 0.6 is 0 Å². The predicted molar refractivity (Wildman–Crippen MR) is 97.3 cm³/mol. The Morgan fingerprint density at radius 1 is 1.15 bits per heavy atom. The lowest BCUT2D eigenvalue weighted by Crippen LogP contribution is -2.41. The third-order valence-electron chi connectivity index (χ3n) is 3.84. The van der Waals surface area contributed by atoms with Crippen molar-refractivity contribution in [2.45, 2.75) is 31.7 Å². The van der Waals surface area contributed by atoms with Crippen molar-refractivity contribution in [2.75, 3.05) is 12.4 Å². The molecular weight excluding hydrogens is 359 g/mol. The molecule has 2 aromatic rings. The number of sulfonamides is 1. The molecule has 6 nitrogen and oxygen atoms in total. The van der Waals surface area contributed by atoms with E-state index in [2.05, 4.69) is 10.0 Å². The molecule has 0 fully saturated rings. The Labute approximate surface area is 152 Å². The molecule has 0 aliphatic rings. The molecule has 0 aromatic heterocycles. The van der Waals surface area contributed by atoms with Crippen LogP contribution in [0.2, 0.25) is 0 Å². The minimum atomic E-state index is -3.95. The summed E-state index contributed by atoms with van der Waals surface area (Å²) in [4.78, 5) is 12.3. The van der Waals surface area contributed by atoms with Crippen molar-refractivity contribution in [3.05, 3.63) is 53.3 Å². The van der Waals surface area contributed by atoms with E-state index in [4.69, 9.17) is 4.74 Å². The fourth-order valence-electron chi connectivity index (χ4n) is 2.43. The van der Waals surface area contributed by atoms with Crippen LogP contribution in [0.5, 0.6) is 5.75 Å². The van der Waals surface area contributed by atoms with Gasteiger partial charge in [-0.05, 0) is 56.2 Å². The van der Waals surface area contributed by atoms with Crippen LogP contribution in [0.4, 0.5) is 10.1 Å². The van der Waals surface area contributed by atoms with E-state index in [1.165, 1.54) is 38.3 Å². The number of rotatable bonds is 6. The number of halogens is 1. The standard InChI is InChI=1S/C18H21FN2O4S/c1-11-10-17(12(2)9-16(11)25-4)26(23,24)21-13(3)18(22)20-15-8-6-5-7-14(15)19/h5-10,13,21H,1-4H3,(H,20,22). The second kappa shape index (κ2) is 7.84. The Kier molecular flexibility index (Phi) is 5.99. The number of aryl methyl sites for hydroxylation is 2. The fraction of sp³-hybridized carbons (Fsp3) is 0.278. The summed E-state index contributed by atoms with van der Waals surface area (Å²) in [6.45, 7) is 4.76. The Morgan fingerprint density at radius 2 is 1.81 bits per heavy atom. The highest BCUT2D eigenvalue weighted by atomic mass is 32.2. The van der Waals surface area contributed by atoms with Gasteiger partial charge in [0, 0.05) is 0 Å². The number of para-hydroxylation sites is 1. The maximum absolute atomic E-state index is 13.6. The summed E-state index contributed by atoms with van der Waals surface area (Å²) >= 11 is 0. The van der Waals surface area contributed by atoms with E-state index in [1.54, 1.807) is 26.0 Å². The lowest BCUT2D eigenvalue weighted by atomic mass is 10.1. The van der Waals surface area contributed by atoms with Crippen LogP contribution < -0.4 is 14.8 Å². The molecule has 1 unspecified atom stereocenters. The van der Waals surface area contributed by atoms with Gasteiger partial charge in [0.1, 0.15) is 11.6 Å². The van der Waals surface area contributed by atoms with Gasteiger partial charge in [-0.3, -0.25) is 4.79 Å². The summed E-state index contributed by atoms with van der Waals surface area (Å²) in [7, 11) is -2.44. The van der Waals surface area contributed by atoms with Gasteiger partial charge in [-0.2, -0.15) is 4.72 Å². The summed E-state index contributed by atoms with van der Waals surface area (Å²) < 4.78 is 46.4. The van der Waals surface area contributed by atoms with Crippen molar-refractivity contribution in [3.8, 4) is 5.75 Å². The van der Waals surface area contributed by atoms with Crippen LogP contribution in [-0.2, 0) is 14.8 Å². The molecule has 140 valence electrons. The molecule has 0 spiro atoms. The van der Waals surface area contributed by atoms with Crippen LogP contribution in [0.3, 0.4) is 0 Å². The number of carbonyl (C=O) groups is 1. The van der Waals surface area contributed by atoms with E-state index < -0.39 is 27.8 Å². The molecule has 1 atom stereocenters. The molecule has 0 bridgehead atoms. The summed E-state index contributed by atoms with van der Waals surface area (Å²) in [6, 6.07) is 7.66. The van der Waals surface area contributed by atoms with Crippen molar-refractivity contribution in [1.82, 2.24) is 4.72 Å². The van der Waals surface area contributed by atoms with Gasteiger partial charge in [0.25, 0.3) is 0 Å². The highest BCUT2D eigenvalue weighted by molar-refractivity contribution is 7.89. The number of hydrogen-bond donors (Lipinski definition) is 2. The molecule has 2 N–H and O–H groups in total. The number of nitrogens with one attached hydrogen (secondary N) is 2. The SMILES string of the molecule is COc1cc(C)c(S(=O)(=O)NC(C)C(=O)Nc2ccccc2F)cc1C. The Morgan fingerprint density at radius 3 is 2.42 bits per heavy atom. The number of hydrogen-bond acceptors (Lipinski definition) is 4. The minimum absolute atomic E-state index is 0.0139. The average molecular weight is 380 g/mol. The minimum Gasteiger partial charge on any atom is -0.496 e. The third kappa shape index (κ3) is 4.39. The first-order valence-electron chi connectivity index (χ1n) is 7.88. The first kappa shape index (κ1) is 19.9. The first-order valence-corrected chi connectivity index (χ1v) is 9.37. The third-order valence-corrected chi connectivity index (χ3v) is 5.52. The van der Waals surface area contributed by atoms with Gasteiger partial charge in [-0.15, -0.1) is 0 Å². The highest BCUT2D eigenvalue weighted by Gasteiger charge is 2.25. The van der Waals surface area contributed by atoms with Crippen molar-refractivity contribution in [2.24, 2.45) is 0 Å². The lowest BCUT2D eigenvalue weighted by Gasteiger charge is -2.17. The molecule has 8 heteroatoms. The zero-order valence-electron chi connectivity index (χ0n) is 15.0. The number of amides is 1. The summed E-state index contributed by atoms with van der Waals surface area (Å²) in [5.74, 6) is -0.689. The summed E-state index contributed by atoms with van der Waals surface area (Å²) in [5.41, 5.74) is 1.13. The molecule has 2 aromatic carbocycles. The predicted octanol–water partition coefficient (Wildman–Crippen LogP) is 2.76. The van der Waals surface area contributed by atoms with E-state index in [0.717, 1.165) is 0 Å². The van der Waals surface area contributed by atoms with Gasteiger partial charge in [-0.1, -0.05) is 12.1 Å². The van der Waals surface area contributed by atoms with Crippen molar-refractivity contribution in [1.29, 1.82) is 0 Å². The van der Waals surface area contributed by atoms with E-state index in [0.29, 0.717) is 16.9 Å². The molecule has 2 rings (SSSR count).